The van der Waals surface area contributed by atoms with Crippen LogP contribution in [0.2, 0.25) is 0 Å². The van der Waals surface area contributed by atoms with E-state index in [9.17, 15) is 0 Å². The number of fused-ring (bicyclic) bond motifs is 2. The third-order valence-corrected chi connectivity index (χ3v) is 5.27. The summed E-state index contributed by atoms with van der Waals surface area (Å²) in [5.41, 5.74) is 1.41. The van der Waals surface area contributed by atoms with Crippen molar-refractivity contribution in [3.05, 3.63) is 21.9 Å². The maximum absolute atomic E-state index is 5.91. The van der Waals surface area contributed by atoms with Gasteiger partial charge in [0.05, 0.1) is 18.8 Å². The van der Waals surface area contributed by atoms with Crippen LogP contribution in [0.3, 0.4) is 0 Å². The van der Waals surface area contributed by atoms with Gasteiger partial charge in [-0.05, 0) is 36.8 Å². The van der Waals surface area contributed by atoms with Crippen LogP contribution in [0.25, 0.3) is 0 Å². The lowest BCUT2D eigenvalue weighted by Crippen LogP contribution is -2.42. The third kappa shape index (κ3) is 2.23. The summed E-state index contributed by atoms with van der Waals surface area (Å²) in [5.74, 6) is 0. The Morgan fingerprint density at radius 3 is 3.11 bits per heavy atom. The van der Waals surface area contributed by atoms with Gasteiger partial charge < -0.3 is 9.47 Å². The molecule has 1 aromatic heterocycles. The molecule has 0 N–H and O–H groups in total. The van der Waals surface area contributed by atoms with Crippen molar-refractivity contribution in [2.75, 3.05) is 20.3 Å². The van der Waals surface area contributed by atoms with E-state index in [-0.39, 0.29) is 6.10 Å². The summed E-state index contributed by atoms with van der Waals surface area (Å²) in [6, 6.07) is 2.74. The Balaban J connectivity index is 1.76. The maximum atomic E-state index is 5.91. The van der Waals surface area contributed by atoms with Crippen LogP contribution in [-0.2, 0) is 16.0 Å². The first-order valence-corrected chi connectivity index (χ1v) is 7.59. The van der Waals surface area contributed by atoms with E-state index in [0.29, 0.717) is 12.1 Å². The number of methoxy groups -OCH3 is 1. The van der Waals surface area contributed by atoms with Crippen molar-refractivity contribution in [1.82, 2.24) is 4.90 Å². The van der Waals surface area contributed by atoms with Crippen LogP contribution in [0.5, 0.6) is 0 Å². The Kier molecular flexibility index (Phi) is 3.71. The molecule has 2 heterocycles. The highest BCUT2D eigenvalue weighted by molar-refractivity contribution is 7.10. The van der Waals surface area contributed by atoms with Gasteiger partial charge in [-0.15, -0.1) is 11.3 Å². The number of aryl methyl sites for hydroxylation is 1. The van der Waals surface area contributed by atoms with Crippen LogP contribution < -0.4 is 0 Å². The molecule has 18 heavy (non-hydrogen) atoms. The van der Waals surface area contributed by atoms with Gasteiger partial charge in [0.2, 0.25) is 0 Å². The molecule has 1 aromatic rings. The van der Waals surface area contributed by atoms with Crippen molar-refractivity contribution in [3.8, 4) is 0 Å². The molecule has 0 aromatic carbocycles. The molecule has 3 nitrogen and oxygen atoms in total. The van der Waals surface area contributed by atoms with E-state index in [1.54, 1.807) is 0 Å². The minimum atomic E-state index is 0.257. The molecule has 2 fully saturated rings. The molecule has 0 amide bonds. The Bertz CT molecular complexity index is 406. The Morgan fingerprint density at radius 1 is 1.50 bits per heavy atom. The van der Waals surface area contributed by atoms with E-state index in [1.165, 1.54) is 16.9 Å². The molecule has 2 aliphatic rings. The average Bonchev–Trinajstić information content (AvgIpc) is 2.88. The van der Waals surface area contributed by atoms with Gasteiger partial charge in [-0.1, -0.05) is 0 Å². The van der Waals surface area contributed by atoms with E-state index in [2.05, 4.69) is 23.3 Å². The molecule has 100 valence electrons. The Hall–Kier alpha value is -0.420. The van der Waals surface area contributed by atoms with Crippen LogP contribution in [0, 0.1) is 6.92 Å². The molecule has 3 atom stereocenters. The predicted octanol–water partition coefficient (Wildman–Crippen LogP) is 2.43. The number of hydrogen-bond acceptors (Lipinski definition) is 4. The van der Waals surface area contributed by atoms with Crippen molar-refractivity contribution in [2.45, 2.75) is 44.6 Å². The molecule has 1 aliphatic carbocycles. The zero-order valence-corrected chi connectivity index (χ0v) is 11.9. The molecular formula is C14H21NO2S. The quantitative estimate of drug-likeness (QED) is 0.839. The summed E-state index contributed by atoms with van der Waals surface area (Å²) < 4.78 is 11.6. The van der Waals surface area contributed by atoms with Crippen molar-refractivity contribution in [1.29, 1.82) is 0 Å². The molecule has 1 saturated heterocycles. The second kappa shape index (κ2) is 5.29. The number of nitrogens with zero attached hydrogens (tertiary/aromatic N) is 1. The minimum Gasteiger partial charge on any atom is -0.377 e. The van der Waals surface area contributed by atoms with Gasteiger partial charge in [-0.25, -0.2) is 0 Å². The van der Waals surface area contributed by atoms with Gasteiger partial charge in [0.25, 0.3) is 0 Å². The largest absolute Gasteiger partial charge is 0.377 e. The van der Waals surface area contributed by atoms with Crippen LogP contribution in [0.4, 0.5) is 0 Å². The lowest BCUT2D eigenvalue weighted by Gasteiger charge is -2.30. The molecule has 1 saturated carbocycles. The monoisotopic (exact) mass is 267 g/mol. The molecule has 0 radical (unpaired) electrons. The smallest absolute Gasteiger partial charge is 0.0987 e. The first kappa shape index (κ1) is 12.6. The lowest BCUT2D eigenvalue weighted by atomic mass is 10.1. The van der Waals surface area contributed by atoms with Gasteiger partial charge in [-0.3, -0.25) is 4.90 Å². The summed E-state index contributed by atoms with van der Waals surface area (Å²) in [4.78, 5) is 4.04. The average molecular weight is 267 g/mol. The van der Waals surface area contributed by atoms with E-state index in [0.717, 1.165) is 26.1 Å². The highest BCUT2D eigenvalue weighted by atomic mass is 32.1. The van der Waals surface area contributed by atoms with E-state index >= 15 is 0 Å². The second-order valence-electron chi connectivity index (χ2n) is 5.25. The van der Waals surface area contributed by atoms with Crippen molar-refractivity contribution >= 4 is 11.3 Å². The lowest BCUT2D eigenvalue weighted by molar-refractivity contribution is -0.0326. The normalized spacial score (nSPS) is 32.7. The van der Waals surface area contributed by atoms with E-state index in [1.807, 2.05) is 18.4 Å². The standard InChI is InChI=1S/C14H21NO2S/c1-10-5-8-18-13(10)9-15-6-7-17-12-4-3-11(15)14(12)16-2/h5,8,11-12,14H,3-4,6-7,9H2,1-2H3/t11-,12-,14-/m1/s1. The van der Waals surface area contributed by atoms with Gasteiger partial charge >= 0.3 is 0 Å². The summed E-state index contributed by atoms with van der Waals surface area (Å²) in [7, 11) is 1.82. The first-order chi connectivity index (χ1) is 8.79. The second-order valence-corrected chi connectivity index (χ2v) is 6.25. The summed E-state index contributed by atoms with van der Waals surface area (Å²) in [6.07, 6.45) is 2.92. The van der Waals surface area contributed by atoms with Crippen LogP contribution in [-0.4, -0.2) is 43.4 Å². The molecule has 3 rings (SSSR count). The summed E-state index contributed by atoms with van der Waals surface area (Å²) >= 11 is 1.86. The molecule has 0 spiro atoms. The van der Waals surface area contributed by atoms with Crippen molar-refractivity contribution < 1.29 is 9.47 Å². The summed E-state index contributed by atoms with van der Waals surface area (Å²) in [5, 5.41) is 2.18. The zero-order valence-electron chi connectivity index (χ0n) is 11.1. The van der Waals surface area contributed by atoms with Gasteiger partial charge in [0.1, 0.15) is 0 Å². The van der Waals surface area contributed by atoms with Gasteiger partial charge in [0.15, 0.2) is 0 Å². The van der Waals surface area contributed by atoms with Gasteiger partial charge in [-0.2, -0.15) is 0 Å². The molecule has 2 bridgehead atoms. The predicted molar refractivity (Wildman–Crippen MR) is 73.0 cm³/mol. The molecule has 1 aliphatic heterocycles. The minimum absolute atomic E-state index is 0.257. The molecule has 0 unspecified atom stereocenters. The van der Waals surface area contributed by atoms with E-state index < -0.39 is 0 Å². The fraction of sp³-hybridized carbons (Fsp3) is 0.714. The third-order valence-electron chi connectivity index (χ3n) is 4.26. The SMILES string of the molecule is CO[C@@H]1[C@H]2CC[C@H]1OCCN2Cc1sccc1C. The first-order valence-electron chi connectivity index (χ1n) is 6.71. The number of ether oxygens (including phenoxy) is 2. The Morgan fingerprint density at radius 2 is 2.39 bits per heavy atom. The van der Waals surface area contributed by atoms with E-state index in [4.69, 9.17) is 9.47 Å². The van der Waals surface area contributed by atoms with Gasteiger partial charge in [0, 0.05) is 31.1 Å². The van der Waals surface area contributed by atoms with Crippen molar-refractivity contribution in [2.24, 2.45) is 0 Å². The Labute approximate surface area is 113 Å². The number of rotatable bonds is 3. The topological polar surface area (TPSA) is 21.7 Å². The highest BCUT2D eigenvalue weighted by Gasteiger charge is 2.42. The van der Waals surface area contributed by atoms with Crippen LogP contribution in [0.15, 0.2) is 11.4 Å². The summed E-state index contributed by atoms with van der Waals surface area (Å²) in [6.45, 7) is 5.11. The maximum Gasteiger partial charge on any atom is 0.0987 e. The molecule has 4 heteroatoms. The number of thiophene rings is 1. The van der Waals surface area contributed by atoms with Crippen LogP contribution >= 0.6 is 11.3 Å². The molecular weight excluding hydrogens is 246 g/mol. The number of hydrogen-bond donors (Lipinski definition) is 0. The van der Waals surface area contributed by atoms with Crippen molar-refractivity contribution in [3.63, 3.8) is 0 Å². The fourth-order valence-corrected chi connectivity index (χ4v) is 4.15. The highest BCUT2D eigenvalue weighted by Crippen LogP contribution is 2.33. The van der Waals surface area contributed by atoms with Crippen LogP contribution in [0.1, 0.15) is 23.3 Å². The zero-order chi connectivity index (χ0) is 12.5. The fourth-order valence-electron chi connectivity index (χ4n) is 3.22.